The largest absolute Gasteiger partial charge is 0.419 e. The van der Waals surface area contributed by atoms with E-state index in [0.29, 0.717) is 24.3 Å². The zero-order valence-corrected chi connectivity index (χ0v) is 23.8. The molecule has 47 heavy (non-hydrogen) atoms. The summed E-state index contributed by atoms with van der Waals surface area (Å²) in [6.45, 7) is -4.43. The number of hydrogen-bond donors (Lipinski definition) is 0. The number of nitrogens with zero attached hydrogens (tertiary/aromatic N) is 2. The van der Waals surface area contributed by atoms with E-state index in [0.717, 1.165) is 21.9 Å². The molecule has 0 amide bonds. The quantitative estimate of drug-likeness (QED) is 0.269. The van der Waals surface area contributed by atoms with Crippen LogP contribution in [0.25, 0.3) is 0 Å². The molecule has 0 radical (unpaired) electrons. The molecule has 0 spiro atoms. The zero-order chi connectivity index (χ0) is 34.9. The Balaban J connectivity index is 1.47. The number of rotatable bonds is 8. The van der Waals surface area contributed by atoms with Crippen molar-refractivity contribution in [1.29, 1.82) is 0 Å². The smallest absolute Gasteiger partial charge is 0.371 e. The fourth-order valence-electron chi connectivity index (χ4n) is 5.18. The van der Waals surface area contributed by atoms with Crippen LogP contribution in [0.3, 0.4) is 0 Å². The monoisotopic (exact) mass is 704 g/mol. The molecule has 2 aliphatic heterocycles. The molecule has 5 nitrogen and oxygen atoms in total. The SMILES string of the molecule is Fc1ccc(C2CN(C[C@H](O[C@@H](CN3CCOC(c4ccc(F)c(C(F)(F)F)c4)C3)C(F)(F)F)C(F)(F)F)CCO2)cc1C(F)(F)F. The molecule has 4 rings (SSSR count). The third-order valence-corrected chi connectivity index (χ3v) is 7.54. The molecule has 0 saturated carbocycles. The summed E-state index contributed by atoms with van der Waals surface area (Å²) in [5.41, 5.74) is -3.70. The van der Waals surface area contributed by atoms with Gasteiger partial charge in [-0.15, -0.1) is 0 Å². The lowest BCUT2D eigenvalue weighted by molar-refractivity contribution is -0.292. The molecule has 2 aromatic rings. The average molecular weight is 704 g/mol. The number of morpholine rings is 2. The summed E-state index contributed by atoms with van der Waals surface area (Å²) >= 11 is 0. The Morgan fingerprint density at radius 1 is 0.617 bits per heavy atom. The lowest BCUT2D eigenvalue weighted by Crippen LogP contribution is -2.53. The molecule has 0 aromatic heterocycles. The third-order valence-electron chi connectivity index (χ3n) is 7.54. The van der Waals surface area contributed by atoms with Crippen molar-refractivity contribution >= 4 is 0 Å². The molecule has 2 saturated heterocycles. The van der Waals surface area contributed by atoms with Crippen molar-refractivity contribution in [2.24, 2.45) is 0 Å². The highest BCUT2D eigenvalue weighted by Gasteiger charge is 2.50. The molecular weight excluding hydrogens is 678 g/mol. The fraction of sp³-hybridized carbons (Fsp3) is 0.571. The van der Waals surface area contributed by atoms with Crippen LogP contribution in [0.2, 0.25) is 0 Å². The van der Waals surface area contributed by atoms with E-state index < -0.39 is 98.1 Å². The standard InChI is InChI=1S/C28H26F14N2O3/c29-19-3-1-15(9-17(19)25(31,32)33)21-11-43(5-7-45-21)13-23(27(37,38)39)47-24(28(40,41)42)14-44-6-8-46-22(12-44)16-2-4-20(30)18(10-16)26(34,35)36/h1-4,9-10,21-24H,5-8,11-14H2/t21?,22?,23-,24-/m0/s1. The van der Waals surface area contributed by atoms with Crippen molar-refractivity contribution in [2.45, 2.75) is 49.1 Å². The van der Waals surface area contributed by atoms with Gasteiger partial charge in [0.05, 0.1) is 36.5 Å². The molecule has 2 heterocycles. The van der Waals surface area contributed by atoms with Gasteiger partial charge in [0.2, 0.25) is 0 Å². The van der Waals surface area contributed by atoms with Crippen LogP contribution in [0.5, 0.6) is 0 Å². The zero-order valence-electron chi connectivity index (χ0n) is 23.8. The summed E-state index contributed by atoms with van der Waals surface area (Å²) in [5, 5.41) is 0. The van der Waals surface area contributed by atoms with Gasteiger partial charge in [0.25, 0.3) is 0 Å². The highest BCUT2D eigenvalue weighted by atomic mass is 19.4. The molecule has 19 heteroatoms. The first kappa shape index (κ1) is 37.1. The van der Waals surface area contributed by atoms with Gasteiger partial charge in [-0.1, -0.05) is 12.1 Å². The maximum absolute atomic E-state index is 14.0. The van der Waals surface area contributed by atoms with E-state index in [2.05, 4.69) is 4.74 Å². The van der Waals surface area contributed by atoms with Crippen LogP contribution in [0.4, 0.5) is 61.5 Å². The van der Waals surface area contributed by atoms with E-state index in [9.17, 15) is 61.5 Å². The topological polar surface area (TPSA) is 34.2 Å². The van der Waals surface area contributed by atoms with Gasteiger partial charge in [-0.2, -0.15) is 52.7 Å². The van der Waals surface area contributed by atoms with Crippen molar-refractivity contribution in [3.8, 4) is 0 Å². The van der Waals surface area contributed by atoms with Gasteiger partial charge in [-0.05, 0) is 35.4 Å². The van der Waals surface area contributed by atoms with Crippen molar-refractivity contribution in [1.82, 2.24) is 9.80 Å². The van der Waals surface area contributed by atoms with Crippen LogP contribution in [0.1, 0.15) is 34.5 Å². The van der Waals surface area contributed by atoms with E-state index >= 15 is 0 Å². The maximum atomic E-state index is 14.0. The molecule has 0 aliphatic carbocycles. The van der Waals surface area contributed by atoms with Crippen molar-refractivity contribution in [3.63, 3.8) is 0 Å². The predicted octanol–water partition coefficient (Wildman–Crippen LogP) is 7.33. The van der Waals surface area contributed by atoms with Gasteiger partial charge in [0.1, 0.15) is 11.6 Å². The van der Waals surface area contributed by atoms with Crippen LogP contribution < -0.4 is 0 Å². The minimum atomic E-state index is -5.34. The number of hydrogen-bond acceptors (Lipinski definition) is 5. The Hall–Kier alpha value is -2.74. The van der Waals surface area contributed by atoms with Gasteiger partial charge in [0, 0.05) is 39.3 Å². The Morgan fingerprint density at radius 3 is 1.30 bits per heavy atom. The molecule has 2 fully saturated rings. The Morgan fingerprint density at radius 2 is 0.979 bits per heavy atom. The molecule has 2 unspecified atom stereocenters. The first-order chi connectivity index (χ1) is 21.6. The summed E-state index contributed by atoms with van der Waals surface area (Å²) in [4.78, 5) is 1.99. The normalized spacial score (nSPS) is 22.3. The summed E-state index contributed by atoms with van der Waals surface area (Å²) in [5.74, 6) is -3.18. The minimum Gasteiger partial charge on any atom is -0.371 e. The second kappa shape index (κ2) is 14.0. The summed E-state index contributed by atoms with van der Waals surface area (Å²) in [7, 11) is 0. The highest BCUT2D eigenvalue weighted by molar-refractivity contribution is 5.30. The second-order valence-electron chi connectivity index (χ2n) is 10.9. The third kappa shape index (κ3) is 9.67. The van der Waals surface area contributed by atoms with E-state index in [1.165, 1.54) is 0 Å². The van der Waals surface area contributed by atoms with Crippen molar-refractivity contribution in [2.75, 3.05) is 52.5 Å². The number of benzene rings is 2. The van der Waals surface area contributed by atoms with Gasteiger partial charge in [-0.3, -0.25) is 9.80 Å². The Bertz CT molecular complexity index is 1260. The van der Waals surface area contributed by atoms with E-state index in [1.807, 2.05) is 0 Å². The molecule has 2 aliphatic rings. The molecular formula is C28H26F14N2O3. The lowest BCUT2D eigenvalue weighted by Gasteiger charge is -2.39. The second-order valence-corrected chi connectivity index (χ2v) is 10.9. The van der Waals surface area contributed by atoms with Crippen LogP contribution >= 0.6 is 0 Å². The Labute approximate surface area is 257 Å². The minimum absolute atomic E-state index is 0.216. The fourth-order valence-corrected chi connectivity index (χ4v) is 5.18. The molecule has 0 N–H and O–H groups in total. The number of ether oxygens (including phenoxy) is 3. The van der Waals surface area contributed by atoms with Crippen LogP contribution in [-0.2, 0) is 26.6 Å². The Kier molecular flexibility index (Phi) is 11.1. The van der Waals surface area contributed by atoms with Crippen molar-refractivity contribution < 1.29 is 75.7 Å². The van der Waals surface area contributed by atoms with Gasteiger partial charge >= 0.3 is 24.7 Å². The first-order valence-electron chi connectivity index (χ1n) is 13.8. The van der Waals surface area contributed by atoms with Crippen LogP contribution in [0.15, 0.2) is 36.4 Å². The molecule has 2 aromatic carbocycles. The van der Waals surface area contributed by atoms with Gasteiger partial charge in [-0.25, -0.2) is 8.78 Å². The first-order valence-corrected chi connectivity index (χ1v) is 13.8. The predicted molar refractivity (Wildman–Crippen MR) is 134 cm³/mol. The van der Waals surface area contributed by atoms with Gasteiger partial charge in [0.15, 0.2) is 12.2 Å². The average Bonchev–Trinajstić information content (AvgIpc) is 2.95. The van der Waals surface area contributed by atoms with Crippen molar-refractivity contribution in [3.05, 3.63) is 70.3 Å². The number of alkyl halides is 12. The molecule has 4 atom stereocenters. The van der Waals surface area contributed by atoms with Crippen LogP contribution in [0, 0.1) is 11.6 Å². The number of halogens is 14. The van der Waals surface area contributed by atoms with E-state index in [-0.39, 0.29) is 37.4 Å². The lowest BCUT2D eigenvalue weighted by atomic mass is 10.0. The van der Waals surface area contributed by atoms with E-state index in [1.54, 1.807) is 0 Å². The highest BCUT2D eigenvalue weighted by Crippen LogP contribution is 2.37. The molecule has 264 valence electrons. The van der Waals surface area contributed by atoms with Gasteiger partial charge < -0.3 is 14.2 Å². The summed E-state index contributed by atoms with van der Waals surface area (Å²) < 4.78 is 206. The summed E-state index contributed by atoms with van der Waals surface area (Å²) in [6.07, 6.45) is -29.5. The summed E-state index contributed by atoms with van der Waals surface area (Å²) in [6, 6.07) is 3.79. The maximum Gasteiger partial charge on any atom is 0.419 e. The molecule has 0 bridgehead atoms. The van der Waals surface area contributed by atoms with E-state index in [4.69, 9.17) is 9.47 Å². The van der Waals surface area contributed by atoms with Crippen LogP contribution in [-0.4, -0.2) is 86.8 Å².